The van der Waals surface area contributed by atoms with Gasteiger partial charge in [-0.25, -0.2) is 8.42 Å². The molecule has 2 amide bonds. The van der Waals surface area contributed by atoms with Gasteiger partial charge in [-0.2, -0.15) is 5.26 Å². The molecule has 2 aliphatic carbocycles. The molecule has 0 saturated heterocycles. The second-order valence-electron chi connectivity index (χ2n) is 7.58. The molecule has 7 nitrogen and oxygen atoms in total. The smallest absolute Gasteiger partial charge is 0.226 e. The molecule has 0 heterocycles. The maximum absolute atomic E-state index is 13.0. The molecule has 1 aromatic carbocycles. The first-order chi connectivity index (χ1) is 12.7. The van der Waals surface area contributed by atoms with Gasteiger partial charge in [0, 0.05) is 14.1 Å². The molecule has 0 aliphatic heterocycles. The van der Waals surface area contributed by atoms with Crippen LogP contribution < -0.4 is 5.32 Å². The lowest BCUT2D eigenvalue weighted by Crippen LogP contribution is -2.43. The fourth-order valence-electron chi connectivity index (χ4n) is 3.66. The Balaban J connectivity index is 1.86. The number of benzene rings is 1. The lowest BCUT2D eigenvalue weighted by Gasteiger charge is -2.22. The fraction of sp³-hybridized carbons (Fsp3) is 0.526. The highest BCUT2D eigenvalue weighted by molar-refractivity contribution is 7.92. The molecule has 2 fully saturated rings. The van der Waals surface area contributed by atoms with E-state index in [9.17, 15) is 23.3 Å². The Morgan fingerprint density at radius 2 is 1.74 bits per heavy atom. The van der Waals surface area contributed by atoms with Gasteiger partial charge in [0.1, 0.15) is 5.54 Å². The normalized spacial score (nSPS) is 26.0. The number of carbonyl (C=O) groups is 2. The van der Waals surface area contributed by atoms with Gasteiger partial charge in [-0.3, -0.25) is 9.59 Å². The van der Waals surface area contributed by atoms with Crippen LogP contribution in [-0.4, -0.2) is 50.0 Å². The van der Waals surface area contributed by atoms with E-state index in [1.807, 2.05) is 0 Å². The van der Waals surface area contributed by atoms with E-state index in [0.717, 1.165) is 0 Å². The standard InChI is InChI=1S/C19H23N3O4S/c1-22(2)18(24)16-11-14(27(25,26)13-6-4-3-5-7-13)10-15(16)17(23)21-19(12-20)8-9-19/h3-7,14-16H,8-11H2,1-2H3,(H,21,23)/t14-,15-,16-/m1/s1. The third kappa shape index (κ3) is 3.69. The summed E-state index contributed by atoms with van der Waals surface area (Å²) in [5.74, 6) is -2.13. The second-order valence-corrected chi connectivity index (χ2v) is 9.81. The largest absolute Gasteiger partial charge is 0.349 e. The van der Waals surface area contributed by atoms with Crippen molar-refractivity contribution in [3.05, 3.63) is 30.3 Å². The zero-order valence-electron chi connectivity index (χ0n) is 15.4. The van der Waals surface area contributed by atoms with Crippen molar-refractivity contribution in [3.63, 3.8) is 0 Å². The first-order valence-corrected chi connectivity index (χ1v) is 10.5. The van der Waals surface area contributed by atoms with Crippen molar-refractivity contribution >= 4 is 21.7 Å². The van der Waals surface area contributed by atoms with Gasteiger partial charge in [0.05, 0.1) is 28.1 Å². The summed E-state index contributed by atoms with van der Waals surface area (Å²) >= 11 is 0. The van der Waals surface area contributed by atoms with E-state index >= 15 is 0 Å². The monoisotopic (exact) mass is 389 g/mol. The molecule has 8 heteroatoms. The van der Waals surface area contributed by atoms with Gasteiger partial charge < -0.3 is 10.2 Å². The number of rotatable bonds is 5. The predicted octanol–water partition coefficient (Wildman–Crippen LogP) is 1.12. The maximum atomic E-state index is 13.0. The van der Waals surface area contributed by atoms with Crippen molar-refractivity contribution in [2.45, 2.75) is 41.4 Å². The van der Waals surface area contributed by atoms with Gasteiger partial charge in [0.2, 0.25) is 11.8 Å². The molecule has 3 atom stereocenters. The SMILES string of the molecule is CN(C)C(=O)[C@@H]1C[C@H](S(=O)(=O)c2ccccc2)C[C@H]1C(=O)NC1(C#N)CC1. The maximum Gasteiger partial charge on any atom is 0.226 e. The van der Waals surface area contributed by atoms with Crippen LogP contribution in [0.1, 0.15) is 25.7 Å². The third-order valence-corrected chi connectivity index (χ3v) is 7.64. The van der Waals surface area contributed by atoms with Gasteiger partial charge in [-0.05, 0) is 37.8 Å². The molecule has 2 aliphatic rings. The topological polar surface area (TPSA) is 107 Å². The molecule has 0 radical (unpaired) electrons. The van der Waals surface area contributed by atoms with Crippen LogP contribution in [0, 0.1) is 23.2 Å². The number of carbonyl (C=O) groups excluding carboxylic acids is 2. The first kappa shape index (κ1) is 19.4. The molecular weight excluding hydrogens is 366 g/mol. The van der Waals surface area contributed by atoms with E-state index < -0.39 is 38.4 Å². The molecule has 0 aromatic heterocycles. The van der Waals surface area contributed by atoms with Gasteiger partial charge in [-0.15, -0.1) is 0 Å². The van der Waals surface area contributed by atoms with Crippen molar-refractivity contribution in [1.82, 2.24) is 10.2 Å². The van der Waals surface area contributed by atoms with Gasteiger partial charge in [0.15, 0.2) is 9.84 Å². The van der Waals surface area contributed by atoms with E-state index in [4.69, 9.17) is 0 Å². The Labute approximate surface area is 159 Å². The number of hydrogen-bond acceptors (Lipinski definition) is 5. The summed E-state index contributed by atoms with van der Waals surface area (Å²) in [6.45, 7) is 0. The Kier molecular flexibility index (Phi) is 5.00. The fourth-order valence-corrected chi connectivity index (χ4v) is 5.50. The zero-order valence-corrected chi connectivity index (χ0v) is 16.2. The van der Waals surface area contributed by atoms with Crippen molar-refractivity contribution in [3.8, 4) is 6.07 Å². The molecule has 0 spiro atoms. The van der Waals surface area contributed by atoms with Crippen LogP contribution >= 0.6 is 0 Å². The third-order valence-electron chi connectivity index (χ3n) is 5.45. The summed E-state index contributed by atoms with van der Waals surface area (Å²) in [6.07, 6.45) is 1.35. The molecule has 3 rings (SSSR count). The molecule has 0 unspecified atom stereocenters. The highest BCUT2D eigenvalue weighted by Gasteiger charge is 2.51. The van der Waals surface area contributed by atoms with Crippen LogP contribution in [-0.2, 0) is 19.4 Å². The summed E-state index contributed by atoms with van der Waals surface area (Å²) in [4.78, 5) is 27.0. The Bertz CT molecular complexity index is 885. The van der Waals surface area contributed by atoms with E-state index in [1.165, 1.54) is 17.0 Å². The van der Waals surface area contributed by atoms with E-state index in [-0.39, 0.29) is 23.6 Å². The first-order valence-electron chi connectivity index (χ1n) is 8.93. The second kappa shape index (κ2) is 6.97. The van der Waals surface area contributed by atoms with E-state index in [0.29, 0.717) is 12.8 Å². The molecule has 1 N–H and O–H groups in total. The minimum Gasteiger partial charge on any atom is -0.349 e. The van der Waals surface area contributed by atoms with Crippen LogP contribution in [0.4, 0.5) is 0 Å². The summed E-state index contributed by atoms with van der Waals surface area (Å²) in [5.41, 5.74) is -0.848. The zero-order chi connectivity index (χ0) is 19.8. The summed E-state index contributed by atoms with van der Waals surface area (Å²) in [7, 11) is -0.464. The quantitative estimate of drug-likeness (QED) is 0.812. The number of nitrogens with one attached hydrogen (secondary N) is 1. The van der Waals surface area contributed by atoms with Crippen LogP contribution in [0.3, 0.4) is 0 Å². The van der Waals surface area contributed by atoms with Gasteiger partial charge in [0.25, 0.3) is 0 Å². The van der Waals surface area contributed by atoms with Crippen molar-refractivity contribution < 1.29 is 18.0 Å². The highest BCUT2D eigenvalue weighted by Crippen LogP contribution is 2.41. The summed E-state index contributed by atoms with van der Waals surface area (Å²) in [5, 5.41) is 11.1. The molecule has 1 aromatic rings. The number of nitrogens with zero attached hydrogens (tertiary/aromatic N) is 2. The molecule has 27 heavy (non-hydrogen) atoms. The van der Waals surface area contributed by atoms with Crippen molar-refractivity contribution in [2.75, 3.05) is 14.1 Å². The number of nitriles is 1. The van der Waals surface area contributed by atoms with Crippen molar-refractivity contribution in [1.29, 1.82) is 5.26 Å². The average molecular weight is 389 g/mol. The minimum absolute atomic E-state index is 0.0782. The van der Waals surface area contributed by atoms with Crippen LogP contribution in [0.25, 0.3) is 0 Å². The Morgan fingerprint density at radius 1 is 1.15 bits per heavy atom. The number of amides is 2. The summed E-state index contributed by atoms with van der Waals surface area (Å²) < 4.78 is 26.0. The van der Waals surface area contributed by atoms with Crippen molar-refractivity contribution in [2.24, 2.45) is 11.8 Å². The van der Waals surface area contributed by atoms with Crippen LogP contribution in [0.2, 0.25) is 0 Å². The summed E-state index contributed by atoms with van der Waals surface area (Å²) in [6, 6.07) is 10.2. The Hall–Kier alpha value is -2.40. The minimum atomic E-state index is -3.65. The number of hydrogen-bond donors (Lipinski definition) is 1. The lowest BCUT2D eigenvalue weighted by molar-refractivity contribution is -0.139. The highest BCUT2D eigenvalue weighted by atomic mass is 32.2. The average Bonchev–Trinajstić information content (AvgIpc) is 3.27. The van der Waals surface area contributed by atoms with Crippen LogP contribution in [0.5, 0.6) is 0 Å². The van der Waals surface area contributed by atoms with Gasteiger partial charge >= 0.3 is 0 Å². The predicted molar refractivity (Wildman–Crippen MR) is 98.0 cm³/mol. The molecule has 2 saturated carbocycles. The van der Waals surface area contributed by atoms with Crippen LogP contribution in [0.15, 0.2) is 35.2 Å². The van der Waals surface area contributed by atoms with Gasteiger partial charge in [-0.1, -0.05) is 18.2 Å². The molecular formula is C19H23N3O4S. The molecule has 0 bridgehead atoms. The number of sulfone groups is 1. The van der Waals surface area contributed by atoms with E-state index in [1.54, 1.807) is 32.3 Å². The Morgan fingerprint density at radius 3 is 2.26 bits per heavy atom. The lowest BCUT2D eigenvalue weighted by atomic mass is 9.93. The van der Waals surface area contributed by atoms with E-state index in [2.05, 4.69) is 11.4 Å². The molecule has 144 valence electrons.